The van der Waals surface area contributed by atoms with E-state index < -0.39 is 0 Å². The van der Waals surface area contributed by atoms with Crippen molar-refractivity contribution in [1.29, 1.82) is 0 Å². The predicted octanol–water partition coefficient (Wildman–Crippen LogP) is 9.89. The van der Waals surface area contributed by atoms with Crippen LogP contribution < -0.4 is 9.47 Å². The number of fused-ring (bicyclic) bond motifs is 2. The number of hydrogen-bond acceptors (Lipinski definition) is 4. The van der Waals surface area contributed by atoms with Gasteiger partial charge in [0.1, 0.15) is 0 Å². The number of phenolic OH excluding ortho intramolecular Hbond substituents is 2. The van der Waals surface area contributed by atoms with Crippen LogP contribution in [0.3, 0.4) is 0 Å². The Hall–Kier alpha value is -1.40. The third kappa shape index (κ3) is 5.38. The summed E-state index contributed by atoms with van der Waals surface area (Å²) in [6.45, 7) is 8.62. The molecular formula is C28H38Br2O4. The Labute approximate surface area is 221 Å². The maximum atomic E-state index is 11.0. The number of aromatic hydroxyl groups is 2. The van der Waals surface area contributed by atoms with E-state index in [1.165, 1.54) is 11.1 Å². The van der Waals surface area contributed by atoms with Crippen LogP contribution in [0.2, 0.25) is 0 Å². The van der Waals surface area contributed by atoms with Crippen LogP contribution in [-0.4, -0.2) is 10.2 Å². The quantitative estimate of drug-likeness (QED) is 0.204. The lowest BCUT2D eigenvalue weighted by atomic mass is 9.94. The Morgan fingerprint density at radius 2 is 0.853 bits per heavy atom. The molecule has 4 nitrogen and oxygen atoms in total. The number of halogens is 2. The monoisotopic (exact) mass is 596 g/mol. The Morgan fingerprint density at radius 1 is 0.500 bits per heavy atom. The number of rotatable bonds is 12. The summed E-state index contributed by atoms with van der Waals surface area (Å²) >= 11 is 7.61. The first-order valence-corrected chi connectivity index (χ1v) is 14.5. The molecule has 0 radical (unpaired) electrons. The van der Waals surface area contributed by atoms with Crippen molar-refractivity contribution in [1.82, 2.24) is 0 Å². The first kappa shape index (κ1) is 27.2. The molecule has 0 atom stereocenters. The van der Waals surface area contributed by atoms with Gasteiger partial charge < -0.3 is 19.7 Å². The standard InChI is InChI=1S/C28H38Br2O4/c1-5-9-13-17-18(14-10-6-2)25-28(22(30)21(17)29)34-27-20(16-12-8-4)24(32)23(31)19(15-11-7-3)26(27)33-25/h31-32H,5-16H2,1-4H3. The second-order valence-corrected chi connectivity index (χ2v) is 10.8. The summed E-state index contributed by atoms with van der Waals surface area (Å²) < 4.78 is 15.1. The molecule has 188 valence electrons. The Kier molecular flexibility index (Phi) is 10.0. The average molecular weight is 598 g/mol. The fourth-order valence-electron chi connectivity index (χ4n) is 4.54. The molecule has 6 heteroatoms. The maximum Gasteiger partial charge on any atom is 0.185 e. The van der Waals surface area contributed by atoms with Gasteiger partial charge in [0, 0.05) is 21.2 Å². The van der Waals surface area contributed by atoms with Gasteiger partial charge in [0.15, 0.2) is 34.5 Å². The minimum atomic E-state index is -0.0775. The second kappa shape index (κ2) is 12.5. The molecule has 0 aliphatic carbocycles. The van der Waals surface area contributed by atoms with Crippen LogP contribution >= 0.6 is 31.9 Å². The molecule has 0 spiro atoms. The molecule has 0 fully saturated rings. The normalized spacial score (nSPS) is 12.2. The minimum Gasteiger partial charge on any atom is -0.504 e. The van der Waals surface area contributed by atoms with E-state index in [1.807, 2.05) is 0 Å². The van der Waals surface area contributed by atoms with Crippen molar-refractivity contribution in [2.24, 2.45) is 0 Å². The fourth-order valence-corrected chi connectivity index (χ4v) is 5.65. The number of hydrogen-bond donors (Lipinski definition) is 2. The van der Waals surface area contributed by atoms with Crippen molar-refractivity contribution >= 4 is 31.9 Å². The van der Waals surface area contributed by atoms with Gasteiger partial charge in [-0.1, -0.05) is 53.4 Å². The molecule has 0 saturated heterocycles. The third-order valence-corrected chi connectivity index (χ3v) is 8.75. The molecule has 1 heterocycles. The van der Waals surface area contributed by atoms with E-state index >= 15 is 0 Å². The summed E-state index contributed by atoms with van der Waals surface area (Å²) in [5.74, 6) is 2.35. The van der Waals surface area contributed by atoms with E-state index in [0.29, 0.717) is 41.2 Å². The van der Waals surface area contributed by atoms with E-state index in [9.17, 15) is 10.2 Å². The zero-order valence-corrected chi connectivity index (χ0v) is 24.1. The molecule has 1 aliphatic heterocycles. The summed E-state index contributed by atoms with van der Waals surface area (Å²) in [6.07, 6.45) is 11.2. The predicted molar refractivity (Wildman–Crippen MR) is 146 cm³/mol. The summed E-state index contributed by atoms with van der Waals surface area (Å²) in [6, 6.07) is 0. The fraction of sp³-hybridized carbons (Fsp3) is 0.571. The van der Waals surface area contributed by atoms with Gasteiger partial charge in [-0.2, -0.15) is 0 Å². The molecule has 0 unspecified atom stereocenters. The molecule has 0 saturated carbocycles. The van der Waals surface area contributed by atoms with E-state index in [4.69, 9.17) is 9.47 Å². The minimum absolute atomic E-state index is 0.0668. The van der Waals surface area contributed by atoms with Gasteiger partial charge in [-0.05, 0) is 88.8 Å². The first-order chi connectivity index (χ1) is 16.4. The highest BCUT2D eigenvalue weighted by Crippen LogP contribution is 2.59. The summed E-state index contributed by atoms with van der Waals surface area (Å²) in [5, 5.41) is 21.9. The molecule has 2 N–H and O–H groups in total. The lowest BCUT2D eigenvalue weighted by Gasteiger charge is -2.30. The van der Waals surface area contributed by atoms with Gasteiger partial charge >= 0.3 is 0 Å². The maximum absolute atomic E-state index is 11.0. The number of benzene rings is 2. The summed E-state index contributed by atoms with van der Waals surface area (Å²) in [5.41, 5.74) is 3.69. The van der Waals surface area contributed by atoms with E-state index in [2.05, 4.69) is 59.6 Å². The molecule has 0 amide bonds. The van der Waals surface area contributed by atoms with Crippen LogP contribution in [0, 0.1) is 0 Å². The molecule has 0 bridgehead atoms. The van der Waals surface area contributed by atoms with E-state index in [0.717, 1.165) is 78.9 Å². The van der Waals surface area contributed by atoms with E-state index in [-0.39, 0.29) is 11.5 Å². The lowest BCUT2D eigenvalue weighted by Crippen LogP contribution is -2.11. The molecule has 2 aromatic rings. The SMILES string of the molecule is CCCCc1c(Br)c(Br)c2c(c1CCCC)Oc1c(CCCC)c(O)c(O)c(CCCC)c1O2. The van der Waals surface area contributed by atoms with Gasteiger partial charge in [0.2, 0.25) is 0 Å². The highest BCUT2D eigenvalue weighted by Gasteiger charge is 2.34. The van der Waals surface area contributed by atoms with Crippen LogP contribution in [0.4, 0.5) is 0 Å². The Morgan fingerprint density at radius 3 is 1.29 bits per heavy atom. The van der Waals surface area contributed by atoms with Gasteiger partial charge in [0.05, 0.1) is 4.47 Å². The second-order valence-electron chi connectivity index (χ2n) is 9.17. The number of ether oxygens (including phenoxy) is 2. The molecule has 1 aliphatic rings. The van der Waals surface area contributed by atoms with Crippen molar-refractivity contribution < 1.29 is 19.7 Å². The highest BCUT2D eigenvalue weighted by molar-refractivity contribution is 9.13. The molecule has 3 rings (SSSR count). The van der Waals surface area contributed by atoms with Crippen LogP contribution in [0.1, 0.15) is 101 Å². The first-order valence-electron chi connectivity index (χ1n) is 12.9. The Balaban J connectivity index is 2.25. The Bertz CT molecular complexity index is 1020. The van der Waals surface area contributed by atoms with Crippen molar-refractivity contribution in [3.63, 3.8) is 0 Å². The van der Waals surface area contributed by atoms with Crippen molar-refractivity contribution in [2.75, 3.05) is 0 Å². The summed E-state index contributed by atoms with van der Waals surface area (Å²) in [4.78, 5) is 0. The van der Waals surface area contributed by atoms with Gasteiger partial charge in [-0.15, -0.1) is 0 Å². The van der Waals surface area contributed by atoms with Gasteiger partial charge in [-0.3, -0.25) is 0 Å². The third-order valence-electron chi connectivity index (χ3n) is 6.58. The van der Waals surface area contributed by atoms with Crippen LogP contribution in [0.25, 0.3) is 0 Å². The summed E-state index contributed by atoms with van der Waals surface area (Å²) in [7, 11) is 0. The van der Waals surface area contributed by atoms with E-state index in [1.54, 1.807) is 0 Å². The largest absolute Gasteiger partial charge is 0.504 e. The molecular weight excluding hydrogens is 560 g/mol. The topological polar surface area (TPSA) is 58.9 Å². The van der Waals surface area contributed by atoms with Crippen molar-refractivity contribution in [3.05, 3.63) is 31.2 Å². The lowest BCUT2D eigenvalue weighted by molar-refractivity contribution is 0.329. The zero-order chi connectivity index (χ0) is 24.8. The number of phenols is 2. The molecule has 2 aromatic carbocycles. The molecule has 34 heavy (non-hydrogen) atoms. The van der Waals surface area contributed by atoms with Crippen molar-refractivity contribution in [2.45, 2.75) is 105 Å². The average Bonchev–Trinajstić information content (AvgIpc) is 2.84. The van der Waals surface area contributed by atoms with Crippen LogP contribution in [0.5, 0.6) is 34.5 Å². The van der Waals surface area contributed by atoms with Crippen LogP contribution in [-0.2, 0) is 25.7 Å². The molecule has 0 aromatic heterocycles. The van der Waals surface area contributed by atoms with Gasteiger partial charge in [0.25, 0.3) is 0 Å². The van der Waals surface area contributed by atoms with Crippen LogP contribution in [0.15, 0.2) is 8.95 Å². The number of unbranched alkanes of at least 4 members (excludes halogenated alkanes) is 4. The van der Waals surface area contributed by atoms with Crippen molar-refractivity contribution in [3.8, 4) is 34.5 Å². The highest BCUT2D eigenvalue weighted by atomic mass is 79.9. The van der Waals surface area contributed by atoms with Gasteiger partial charge in [-0.25, -0.2) is 0 Å². The smallest absolute Gasteiger partial charge is 0.185 e. The zero-order valence-electron chi connectivity index (χ0n) is 21.0.